The van der Waals surface area contributed by atoms with Gasteiger partial charge in [-0.2, -0.15) is 5.26 Å². The summed E-state index contributed by atoms with van der Waals surface area (Å²) in [4.78, 5) is 14.9. The SMILES string of the molecule is Cc1cc(C=CC(=O)O)c(Cl)cc1Oc1ccc(OCc2ccc(C#N)cc2)cn1. The van der Waals surface area contributed by atoms with E-state index < -0.39 is 5.97 Å². The van der Waals surface area contributed by atoms with Crippen LogP contribution < -0.4 is 9.47 Å². The zero-order valence-electron chi connectivity index (χ0n) is 16.0. The van der Waals surface area contributed by atoms with Gasteiger partial charge in [-0.3, -0.25) is 0 Å². The topological polar surface area (TPSA) is 92.4 Å². The van der Waals surface area contributed by atoms with E-state index in [4.69, 9.17) is 31.4 Å². The van der Waals surface area contributed by atoms with Crippen molar-refractivity contribution in [3.63, 3.8) is 0 Å². The predicted octanol–water partition coefficient (Wildman–Crippen LogP) is 5.38. The molecule has 7 heteroatoms. The lowest BCUT2D eigenvalue weighted by Crippen LogP contribution is -1.97. The third kappa shape index (κ3) is 5.60. The van der Waals surface area contributed by atoms with Gasteiger partial charge in [0.15, 0.2) is 0 Å². The van der Waals surface area contributed by atoms with Crippen molar-refractivity contribution < 1.29 is 19.4 Å². The molecule has 30 heavy (non-hydrogen) atoms. The van der Waals surface area contributed by atoms with Crippen LogP contribution in [0.3, 0.4) is 0 Å². The summed E-state index contributed by atoms with van der Waals surface area (Å²) >= 11 is 6.21. The number of pyridine rings is 1. The van der Waals surface area contributed by atoms with Crippen molar-refractivity contribution in [2.45, 2.75) is 13.5 Å². The van der Waals surface area contributed by atoms with Gasteiger partial charge < -0.3 is 14.6 Å². The Morgan fingerprint density at radius 1 is 1.23 bits per heavy atom. The van der Waals surface area contributed by atoms with Crippen molar-refractivity contribution in [2.24, 2.45) is 0 Å². The maximum absolute atomic E-state index is 10.7. The highest BCUT2D eigenvalue weighted by atomic mass is 35.5. The Labute approximate surface area is 178 Å². The molecule has 6 nitrogen and oxygen atoms in total. The van der Waals surface area contributed by atoms with Crippen LogP contribution in [0.4, 0.5) is 0 Å². The summed E-state index contributed by atoms with van der Waals surface area (Å²) in [5.74, 6) is 0.422. The van der Waals surface area contributed by atoms with Crippen molar-refractivity contribution in [2.75, 3.05) is 0 Å². The molecule has 1 N–H and O–H groups in total. The maximum Gasteiger partial charge on any atom is 0.328 e. The van der Waals surface area contributed by atoms with Gasteiger partial charge in [0.2, 0.25) is 5.88 Å². The van der Waals surface area contributed by atoms with Gasteiger partial charge in [0.05, 0.1) is 22.9 Å². The molecule has 0 aliphatic rings. The Bertz CT molecular complexity index is 1120. The number of aliphatic carboxylic acids is 1. The molecule has 3 rings (SSSR count). The Balaban J connectivity index is 1.64. The van der Waals surface area contributed by atoms with Crippen LogP contribution in [0.15, 0.2) is 60.8 Å². The van der Waals surface area contributed by atoms with Gasteiger partial charge in [-0.1, -0.05) is 23.7 Å². The van der Waals surface area contributed by atoms with Crippen molar-refractivity contribution in [1.82, 2.24) is 4.98 Å². The summed E-state index contributed by atoms with van der Waals surface area (Å²) in [6, 6.07) is 16.0. The number of hydrogen-bond donors (Lipinski definition) is 1. The molecule has 0 saturated heterocycles. The van der Waals surface area contributed by atoms with E-state index in [1.807, 2.05) is 19.1 Å². The van der Waals surface area contributed by atoms with Gasteiger partial charge in [-0.05, 0) is 54.0 Å². The van der Waals surface area contributed by atoms with E-state index in [-0.39, 0.29) is 0 Å². The molecular formula is C23H17ClN2O4. The maximum atomic E-state index is 10.7. The molecule has 3 aromatic rings. The molecule has 0 aliphatic carbocycles. The van der Waals surface area contributed by atoms with E-state index in [9.17, 15) is 4.79 Å². The Kier molecular flexibility index (Phi) is 6.68. The molecule has 0 unspecified atom stereocenters. The second-order valence-electron chi connectivity index (χ2n) is 6.34. The lowest BCUT2D eigenvalue weighted by molar-refractivity contribution is -0.131. The molecule has 1 aromatic heterocycles. The van der Waals surface area contributed by atoms with Gasteiger partial charge in [0, 0.05) is 18.2 Å². The van der Waals surface area contributed by atoms with Gasteiger partial charge in [0.25, 0.3) is 0 Å². The van der Waals surface area contributed by atoms with E-state index in [2.05, 4.69) is 11.1 Å². The number of carboxylic acids is 1. The lowest BCUT2D eigenvalue weighted by Gasteiger charge is -2.11. The van der Waals surface area contributed by atoms with Crippen LogP contribution in [-0.4, -0.2) is 16.1 Å². The number of nitriles is 1. The molecule has 0 fully saturated rings. The van der Waals surface area contributed by atoms with Gasteiger partial charge >= 0.3 is 5.97 Å². The summed E-state index contributed by atoms with van der Waals surface area (Å²) in [6.07, 6.45) is 4.01. The molecule has 150 valence electrons. The van der Waals surface area contributed by atoms with E-state index in [1.54, 1.807) is 42.6 Å². The van der Waals surface area contributed by atoms with Crippen molar-refractivity contribution >= 4 is 23.6 Å². The fourth-order valence-electron chi connectivity index (χ4n) is 2.55. The fraction of sp³-hybridized carbons (Fsp3) is 0.0870. The predicted molar refractivity (Wildman–Crippen MR) is 113 cm³/mol. The van der Waals surface area contributed by atoms with E-state index in [1.165, 1.54) is 6.08 Å². The Morgan fingerprint density at radius 2 is 2.00 bits per heavy atom. The molecule has 0 atom stereocenters. The number of nitrogens with zero attached hydrogens (tertiary/aromatic N) is 2. The quantitative estimate of drug-likeness (QED) is 0.515. The fourth-order valence-corrected chi connectivity index (χ4v) is 2.77. The molecule has 0 spiro atoms. The van der Waals surface area contributed by atoms with Crippen LogP contribution in [0.25, 0.3) is 6.08 Å². The highest BCUT2D eigenvalue weighted by Gasteiger charge is 2.08. The number of aromatic nitrogens is 1. The number of ether oxygens (including phenoxy) is 2. The largest absolute Gasteiger partial charge is 0.487 e. The second kappa shape index (κ2) is 9.59. The first-order chi connectivity index (χ1) is 14.4. The minimum absolute atomic E-state index is 0.355. The minimum atomic E-state index is -1.05. The number of halogens is 1. The number of carbonyl (C=O) groups is 1. The summed E-state index contributed by atoms with van der Waals surface area (Å²) in [6.45, 7) is 2.19. The molecular weight excluding hydrogens is 404 g/mol. The first-order valence-corrected chi connectivity index (χ1v) is 9.29. The van der Waals surface area contributed by atoms with Crippen LogP contribution >= 0.6 is 11.6 Å². The number of rotatable bonds is 7. The molecule has 2 aromatic carbocycles. The highest BCUT2D eigenvalue weighted by molar-refractivity contribution is 6.32. The zero-order valence-corrected chi connectivity index (χ0v) is 16.8. The van der Waals surface area contributed by atoms with Crippen LogP contribution in [-0.2, 0) is 11.4 Å². The summed E-state index contributed by atoms with van der Waals surface area (Å²) in [5.41, 5.74) is 2.91. The number of carboxylic acid groups (broad SMARTS) is 1. The average molecular weight is 421 g/mol. The smallest absolute Gasteiger partial charge is 0.328 e. The normalized spacial score (nSPS) is 10.6. The van der Waals surface area contributed by atoms with E-state index in [0.717, 1.165) is 17.2 Å². The third-order valence-electron chi connectivity index (χ3n) is 4.11. The Morgan fingerprint density at radius 3 is 2.63 bits per heavy atom. The first-order valence-electron chi connectivity index (χ1n) is 8.91. The zero-order chi connectivity index (χ0) is 21.5. The van der Waals surface area contributed by atoms with E-state index >= 15 is 0 Å². The summed E-state index contributed by atoms with van der Waals surface area (Å²) in [5, 5.41) is 17.9. The lowest BCUT2D eigenvalue weighted by atomic mass is 10.1. The second-order valence-corrected chi connectivity index (χ2v) is 6.75. The monoisotopic (exact) mass is 420 g/mol. The molecule has 0 amide bonds. The van der Waals surface area contributed by atoms with Crippen LogP contribution in [0, 0.1) is 18.3 Å². The first kappa shape index (κ1) is 20.9. The highest BCUT2D eigenvalue weighted by Crippen LogP contribution is 2.31. The average Bonchev–Trinajstić information content (AvgIpc) is 2.75. The summed E-state index contributed by atoms with van der Waals surface area (Å²) < 4.78 is 11.5. The van der Waals surface area contributed by atoms with Crippen molar-refractivity contribution in [1.29, 1.82) is 5.26 Å². The molecule has 0 radical (unpaired) electrons. The van der Waals surface area contributed by atoms with Crippen LogP contribution in [0.1, 0.15) is 22.3 Å². The van der Waals surface area contributed by atoms with Crippen molar-refractivity contribution in [3.8, 4) is 23.4 Å². The van der Waals surface area contributed by atoms with Gasteiger partial charge in [-0.15, -0.1) is 0 Å². The molecule has 1 heterocycles. The molecule has 0 saturated carbocycles. The number of hydrogen-bond acceptors (Lipinski definition) is 5. The number of aryl methyl sites for hydroxylation is 1. The standard InChI is InChI=1S/C23H17ClN2O4/c1-15-10-18(6-9-23(27)28)20(24)11-21(15)30-22-8-7-19(13-26-22)29-14-17-4-2-16(12-25)3-5-17/h2-11,13H,14H2,1H3,(H,27,28). The Hall–Kier alpha value is -3.82. The molecule has 0 bridgehead atoms. The molecule has 0 aliphatic heterocycles. The third-order valence-corrected chi connectivity index (χ3v) is 4.44. The van der Waals surface area contributed by atoms with Crippen LogP contribution in [0.2, 0.25) is 5.02 Å². The minimum Gasteiger partial charge on any atom is -0.487 e. The van der Waals surface area contributed by atoms with Crippen molar-refractivity contribution in [3.05, 3.63) is 88.1 Å². The van der Waals surface area contributed by atoms with Gasteiger partial charge in [-0.25, -0.2) is 9.78 Å². The van der Waals surface area contributed by atoms with Gasteiger partial charge in [0.1, 0.15) is 18.1 Å². The summed E-state index contributed by atoms with van der Waals surface area (Å²) in [7, 11) is 0. The number of benzene rings is 2. The van der Waals surface area contributed by atoms with E-state index in [0.29, 0.717) is 40.1 Å². The van der Waals surface area contributed by atoms with Crippen LogP contribution in [0.5, 0.6) is 17.4 Å².